The number of benzene rings is 2. The molecule has 0 aliphatic carbocycles. The van der Waals surface area contributed by atoms with Gasteiger partial charge in [-0.15, -0.1) is 0 Å². The van der Waals surface area contributed by atoms with E-state index in [2.05, 4.69) is 28.1 Å². The van der Waals surface area contributed by atoms with Crippen LogP contribution >= 0.6 is 27.7 Å². The molecule has 0 aromatic heterocycles. The summed E-state index contributed by atoms with van der Waals surface area (Å²) in [4.78, 5) is 14.8. The zero-order valence-corrected chi connectivity index (χ0v) is 16.0. The second-order valence-electron chi connectivity index (χ2n) is 6.03. The zero-order valence-electron chi connectivity index (χ0n) is 13.6. The highest BCUT2D eigenvalue weighted by Gasteiger charge is 2.25. The summed E-state index contributed by atoms with van der Waals surface area (Å²) in [6, 6.07) is 13.8. The second kappa shape index (κ2) is 7.30. The van der Waals surface area contributed by atoms with E-state index in [1.54, 1.807) is 0 Å². The van der Waals surface area contributed by atoms with Crippen molar-refractivity contribution >= 4 is 33.6 Å². The number of hydrogen-bond acceptors (Lipinski definition) is 4. The molecule has 0 radical (unpaired) electrons. The summed E-state index contributed by atoms with van der Waals surface area (Å²) < 4.78 is 11.7. The average Bonchev–Trinajstić information content (AvgIpc) is 2.96. The maximum Gasteiger partial charge on any atom is 0.255 e. The van der Waals surface area contributed by atoms with Crippen LogP contribution in [0.1, 0.15) is 27.6 Å². The fourth-order valence-corrected chi connectivity index (χ4v) is 4.83. The smallest absolute Gasteiger partial charge is 0.255 e. The Labute approximate surface area is 159 Å². The van der Waals surface area contributed by atoms with Crippen LogP contribution in [-0.4, -0.2) is 36.4 Å². The first-order chi connectivity index (χ1) is 12.2. The topological polar surface area (TPSA) is 38.8 Å². The molecule has 1 amide bonds. The van der Waals surface area contributed by atoms with Crippen LogP contribution in [-0.2, 0) is 0 Å². The molecule has 2 aliphatic heterocycles. The molecule has 4 rings (SSSR count). The molecule has 4 nitrogen and oxygen atoms in total. The summed E-state index contributed by atoms with van der Waals surface area (Å²) >= 11 is 5.38. The molecule has 130 valence electrons. The molecule has 1 unspecified atom stereocenters. The van der Waals surface area contributed by atoms with Crippen LogP contribution < -0.4 is 9.47 Å². The summed E-state index contributed by atoms with van der Waals surface area (Å²) in [5.74, 6) is 2.66. The van der Waals surface area contributed by atoms with Gasteiger partial charge < -0.3 is 14.4 Å². The van der Waals surface area contributed by atoms with Gasteiger partial charge in [-0.05, 0) is 52.2 Å². The first kappa shape index (κ1) is 16.8. The lowest BCUT2D eigenvalue weighted by atomic mass is 10.1. The third-order valence-electron chi connectivity index (χ3n) is 4.50. The minimum Gasteiger partial charge on any atom is -0.454 e. The predicted octanol–water partition coefficient (Wildman–Crippen LogP) is 4.50. The van der Waals surface area contributed by atoms with Gasteiger partial charge in [0.05, 0.1) is 5.56 Å². The van der Waals surface area contributed by atoms with Crippen LogP contribution in [0, 0.1) is 0 Å². The van der Waals surface area contributed by atoms with Crippen molar-refractivity contribution in [3.63, 3.8) is 0 Å². The summed E-state index contributed by atoms with van der Waals surface area (Å²) in [7, 11) is 0. The quantitative estimate of drug-likeness (QED) is 0.718. The molecular weight excluding hydrogens is 402 g/mol. The molecule has 6 heteroatoms. The molecule has 2 aromatic carbocycles. The Morgan fingerprint density at radius 1 is 1.12 bits per heavy atom. The number of rotatable bonds is 2. The number of ether oxygens (including phenoxy) is 2. The second-order valence-corrected chi connectivity index (χ2v) is 8.20. The van der Waals surface area contributed by atoms with E-state index in [1.807, 2.05) is 47.0 Å². The molecular formula is C19H18BrNO3S. The lowest BCUT2D eigenvalue weighted by molar-refractivity contribution is 0.0765. The highest BCUT2D eigenvalue weighted by molar-refractivity contribution is 9.10. The fraction of sp³-hybridized carbons (Fsp3) is 0.316. The Morgan fingerprint density at radius 2 is 1.96 bits per heavy atom. The number of carbonyl (C=O) groups excluding carboxylic acids is 1. The van der Waals surface area contributed by atoms with Gasteiger partial charge in [0, 0.05) is 28.6 Å². The van der Waals surface area contributed by atoms with Crippen LogP contribution in [0.3, 0.4) is 0 Å². The number of nitrogens with zero attached hydrogens (tertiary/aromatic N) is 1. The molecule has 1 fully saturated rings. The van der Waals surface area contributed by atoms with Gasteiger partial charge in [0.15, 0.2) is 11.5 Å². The number of carbonyl (C=O) groups is 1. The summed E-state index contributed by atoms with van der Waals surface area (Å²) in [5.41, 5.74) is 1.97. The predicted molar refractivity (Wildman–Crippen MR) is 102 cm³/mol. The first-order valence-electron chi connectivity index (χ1n) is 8.27. The van der Waals surface area contributed by atoms with Gasteiger partial charge in [-0.2, -0.15) is 11.8 Å². The van der Waals surface area contributed by atoms with E-state index >= 15 is 0 Å². The Hall–Kier alpha value is -1.66. The van der Waals surface area contributed by atoms with Crippen molar-refractivity contribution in [3.8, 4) is 11.5 Å². The van der Waals surface area contributed by atoms with Crippen molar-refractivity contribution in [2.24, 2.45) is 0 Å². The van der Waals surface area contributed by atoms with Crippen LogP contribution in [0.25, 0.3) is 0 Å². The number of hydrogen-bond donors (Lipinski definition) is 0. The van der Waals surface area contributed by atoms with E-state index in [9.17, 15) is 4.79 Å². The van der Waals surface area contributed by atoms with Crippen molar-refractivity contribution in [1.82, 2.24) is 4.90 Å². The van der Waals surface area contributed by atoms with E-state index in [0.29, 0.717) is 12.0 Å². The standard InChI is InChI=1S/C19H18BrNO3S/c20-15-4-2-1-3-14(15)19(22)21-8-7-18(25-10-9-21)13-5-6-16-17(11-13)24-12-23-16/h1-6,11,18H,7-10,12H2. The van der Waals surface area contributed by atoms with Crippen LogP contribution in [0.15, 0.2) is 46.9 Å². The molecule has 0 bridgehead atoms. The van der Waals surface area contributed by atoms with Gasteiger partial charge in [0.1, 0.15) is 0 Å². The minimum atomic E-state index is 0.0967. The van der Waals surface area contributed by atoms with Gasteiger partial charge >= 0.3 is 0 Å². The third-order valence-corrected chi connectivity index (χ3v) is 6.52. The van der Waals surface area contributed by atoms with Gasteiger partial charge in [-0.25, -0.2) is 0 Å². The van der Waals surface area contributed by atoms with Gasteiger partial charge in [-0.3, -0.25) is 4.79 Å². The highest BCUT2D eigenvalue weighted by atomic mass is 79.9. The average molecular weight is 420 g/mol. The first-order valence-corrected chi connectivity index (χ1v) is 10.1. The van der Waals surface area contributed by atoms with E-state index < -0.39 is 0 Å². The van der Waals surface area contributed by atoms with Crippen LogP contribution in [0.5, 0.6) is 11.5 Å². The van der Waals surface area contributed by atoms with Crippen molar-refractivity contribution in [1.29, 1.82) is 0 Å². The zero-order chi connectivity index (χ0) is 17.2. The highest BCUT2D eigenvalue weighted by Crippen LogP contribution is 2.40. The minimum absolute atomic E-state index is 0.0967. The van der Waals surface area contributed by atoms with E-state index in [0.717, 1.165) is 46.8 Å². The third kappa shape index (κ3) is 3.51. The Kier molecular flexibility index (Phi) is 4.90. The normalized spacial score (nSPS) is 19.6. The van der Waals surface area contributed by atoms with E-state index in [-0.39, 0.29) is 5.91 Å². The van der Waals surface area contributed by atoms with Crippen LogP contribution in [0.4, 0.5) is 0 Å². The number of amides is 1. The van der Waals surface area contributed by atoms with Gasteiger partial charge in [0.2, 0.25) is 6.79 Å². The molecule has 0 spiro atoms. The Morgan fingerprint density at radius 3 is 2.84 bits per heavy atom. The van der Waals surface area contributed by atoms with Crippen molar-refractivity contribution < 1.29 is 14.3 Å². The molecule has 2 aromatic rings. The number of fused-ring (bicyclic) bond motifs is 1. The van der Waals surface area contributed by atoms with Crippen molar-refractivity contribution in [3.05, 3.63) is 58.1 Å². The molecule has 1 saturated heterocycles. The molecule has 1 atom stereocenters. The summed E-state index contributed by atoms with van der Waals surface area (Å²) in [6.07, 6.45) is 0.931. The van der Waals surface area contributed by atoms with Crippen molar-refractivity contribution in [2.45, 2.75) is 11.7 Å². The van der Waals surface area contributed by atoms with Gasteiger partial charge in [0.25, 0.3) is 5.91 Å². The van der Waals surface area contributed by atoms with Gasteiger partial charge in [-0.1, -0.05) is 18.2 Å². The summed E-state index contributed by atoms with van der Waals surface area (Å²) in [5, 5.41) is 0.367. The monoisotopic (exact) mass is 419 g/mol. The summed E-state index contributed by atoms with van der Waals surface area (Å²) in [6.45, 7) is 1.82. The number of thioether (sulfide) groups is 1. The Balaban J connectivity index is 1.47. The molecule has 2 heterocycles. The fourth-order valence-electron chi connectivity index (χ4n) is 3.16. The lowest BCUT2D eigenvalue weighted by Gasteiger charge is -2.21. The maximum absolute atomic E-state index is 12.8. The molecule has 25 heavy (non-hydrogen) atoms. The molecule has 2 aliphatic rings. The maximum atomic E-state index is 12.8. The largest absolute Gasteiger partial charge is 0.454 e. The molecule has 0 N–H and O–H groups in total. The SMILES string of the molecule is O=C(c1ccccc1Br)N1CCSC(c2ccc3c(c2)OCO3)CC1. The van der Waals surface area contributed by atoms with E-state index in [4.69, 9.17) is 9.47 Å². The molecule has 0 saturated carbocycles. The lowest BCUT2D eigenvalue weighted by Crippen LogP contribution is -2.33. The number of halogens is 1. The van der Waals surface area contributed by atoms with Crippen LogP contribution in [0.2, 0.25) is 0 Å². The Bertz CT molecular complexity index is 798. The van der Waals surface area contributed by atoms with E-state index in [1.165, 1.54) is 5.56 Å². The van der Waals surface area contributed by atoms with Crippen molar-refractivity contribution in [2.75, 3.05) is 25.6 Å².